The minimum absolute atomic E-state index is 0.000118. The Morgan fingerprint density at radius 1 is 1.13 bits per heavy atom. The molecule has 5 heteroatoms. The van der Waals surface area contributed by atoms with Crippen molar-refractivity contribution in [2.45, 2.75) is 78.6 Å². The molecule has 3 saturated carbocycles. The molecule has 0 aromatic carbocycles. The average molecular weight is 413 g/mol. The van der Waals surface area contributed by atoms with Gasteiger partial charge in [0.05, 0.1) is 12.8 Å². The highest BCUT2D eigenvalue weighted by molar-refractivity contribution is 5.94. The summed E-state index contributed by atoms with van der Waals surface area (Å²) >= 11 is 0. The van der Waals surface area contributed by atoms with Gasteiger partial charge in [0, 0.05) is 30.9 Å². The minimum Gasteiger partial charge on any atom is -0.446 e. The summed E-state index contributed by atoms with van der Waals surface area (Å²) in [4.78, 5) is 16.2. The van der Waals surface area contributed by atoms with E-state index in [2.05, 4.69) is 24.9 Å². The van der Waals surface area contributed by atoms with E-state index < -0.39 is 0 Å². The maximum absolute atomic E-state index is 12.4. The van der Waals surface area contributed by atoms with E-state index in [1.165, 1.54) is 19.3 Å². The predicted molar refractivity (Wildman–Crippen MR) is 116 cm³/mol. The fourth-order valence-electron chi connectivity index (χ4n) is 6.99. The lowest BCUT2D eigenvalue weighted by Gasteiger charge is -2.57. The van der Waals surface area contributed by atoms with Gasteiger partial charge >= 0.3 is 0 Å². The number of aromatic nitrogens is 1. The Morgan fingerprint density at radius 3 is 2.60 bits per heavy atom. The van der Waals surface area contributed by atoms with Crippen LogP contribution in [0.2, 0.25) is 0 Å². The Morgan fingerprint density at radius 2 is 1.90 bits per heavy atom. The maximum atomic E-state index is 12.4. The van der Waals surface area contributed by atoms with Crippen LogP contribution in [0.5, 0.6) is 0 Å². The highest BCUT2D eigenvalue weighted by Gasteiger charge is 2.58. The van der Waals surface area contributed by atoms with Crippen molar-refractivity contribution in [1.82, 2.24) is 4.98 Å². The van der Waals surface area contributed by atoms with Gasteiger partial charge in [0.15, 0.2) is 5.89 Å². The van der Waals surface area contributed by atoms with E-state index in [4.69, 9.17) is 14.9 Å². The number of nitrogens with zero attached hydrogens (tertiary/aromatic N) is 1. The molecule has 2 N–H and O–H groups in total. The smallest absolute Gasteiger partial charge is 0.191 e. The Hall–Kier alpha value is -1.75. The van der Waals surface area contributed by atoms with Crippen LogP contribution in [0.1, 0.15) is 76.9 Å². The van der Waals surface area contributed by atoms with Crippen molar-refractivity contribution in [2.24, 2.45) is 28.6 Å². The fraction of sp³-hybridized carbons (Fsp3) is 0.720. The fourth-order valence-corrected chi connectivity index (χ4v) is 6.99. The quantitative estimate of drug-likeness (QED) is 0.711. The van der Waals surface area contributed by atoms with Gasteiger partial charge in [-0.3, -0.25) is 4.79 Å². The van der Waals surface area contributed by atoms with Gasteiger partial charge in [-0.15, -0.1) is 0 Å². The number of aryl methyl sites for hydroxylation is 1. The molecule has 0 spiro atoms. The number of oxazole rings is 1. The van der Waals surface area contributed by atoms with Crippen molar-refractivity contribution in [3.63, 3.8) is 0 Å². The molecule has 0 amide bonds. The normalized spacial score (nSPS) is 37.5. The molecule has 30 heavy (non-hydrogen) atoms. The van der Waals surface area contributed by atoms with Crippen LogP contribution in [0.4, 0.5) is 0 Å². The molecular weight excluding hydrogens is 376 g/mol. The molecule has 0 radical (unpaired) electrons. The first-order valence-corrected chi connectivity index (χ1v) is 11.6. The van der Waals surface area contributed by atoms with Gasteiger partial charge in [0.2, 0.25) is 0 Å². The van der Waals surface area contributed by atoms with E-state index >= 15 is 0 Å². The Balaban J connectivity index is 0.000000204. The molecule has 0 bridgehead atoms. The number of carbonyl (C=O) groups excluding carboxylic acids is 1. The first-order valence-electron chi connectivity index (χ1n) is 11.6. The number of aliphatic hydroxyl groups excluding tert-OH is 1. The van der Waals surface area contributed by atoms with Gasteiger partial charge in [-0.25, -0.2) is 4.98 Å². The summed E-state index contributed by atoms with van der Waals surface area (Å²) in [7, 11) is 0. The number of carbonyl (C=O) groups is 1. The molecule has 1 aromatic rings. The molecule has 0 aliphatic heterocycles. The van der Waals surface area contributed by atoms with Crippen LogP contribution < -0.4 is 0 Å². The molecule has 164 valence electrons. The van der Waals surface area contributed by atoms with Crippen molar-refractivity contribution in [3.05, 3.63) is 29.5 Å². The lowest BCUT2D eigenvalue weighted by Crippen LogP contribution is -2.50. The summed E-state index contributed by atoms with van der Waals surface area (Å²) in [6.07, 6.45) is 13.2. The summed E-state index contributed by atoms with van der Waals surface area (Å²) in [5, 5.41) is 16.4. The Labute approximate surface area is 179 Å². The second-order valence-electron chi connectivity index (χ2n) is 10.3. The van der Waals surface area contributed by atoms with Gasteiger partial charge < -0.3 is 14.9 Å². The van der Waals surface area contributed by atoms with Crippen LogP contribution in [0.3, 0.4) is 0 Å². The number of rotatable bonds is 2. The zero-order chi connectivity index (χ0) is 21.5. The van der Waals surface area contributed by atoms with Crippen LogP contribution in [0.25, 0.3) is 0 Å². The minimum atomic E-state index is 0.000118. The summed E-state index contributed by atoms with van der Waals surface area (Å²) in [6.45, 7) is 6.62. The molecule has 3 fully saturated rings. The number of hydrogen-bond donors (Lipinski definition) is 2. The van der Waals surface area contributed by atoms with E-state index in [0.717, 1.165) is 55.4 Å². The molecule has 5 atom stereocenters. The van der Waals surface area contributed by atoms with Crippen LogP contribution in [-0.2, 0) is 11.2 Å². The van der Waals surface area contributed by atoms with Crippen molar-refractivity contribution < 1.29 is 14.3 Å². The van der Waals surface area contributed by atoms with Crippen molar-refractivity contribution in [2.75, 3.05) is 6.61 Å². The number of aliphatic hydroxyl groups is 1. The second kappa shape index (κ2) is 8.07. The largest absolute Gasteiger partial charge is 0.446 e. The van der Waals surface area contributed by atoms with E-state index in [-0.39, 0.29) is 12.0 Å². The van der Waals surface area contributed by atoms with E-state index in [1.54, 1.807) is 18.7 Å². The lowest BCUT2D eigenvalue weighted by molar-refractivity contribution is -0.132. The predicted octanol–water partition coefficient (Wildman–Crippen LogP) is 5.06. The third-order valence-electron chi connectivity index (χ3n) is 8.73. The van der Waals surface area contributed by atoms with Gasteiger partial charge in [0.1, 0.15) is 11.5 Å². The number of hydrogen-bond acceptors (Lipinski definition) is 5. The SMILES string of the molecule is C[C@]12CCC(=N)C=C1CCC1C2CC[C@]2(C)C(=O)CCC12.Cc1ncc(CCO)o1. The third-order valence-corrected chi connectivity index (χ3v) is 8.73. The molecule has 0 saturated heterocycles. The summed E-state index contributed by atoms with van der Waals surface area (Å²) in [5.74, 6) is 4.10. The molecule has 4 aliphatic rings. The maximum Gasteiger partial charge on any atom is 0.191 e. The summed E-state index contributed by atoms with van der Waals surface area (Å²) in [5.41, 5.74) is 2.70. The van der Waals surface area contributed by atoms with E-state index in [9.17, 15) is 4.79 Å². The second-order valence-corrected chi connectivity index (χ2v) is 10.3. The molecule has 5 rings (SSSR count). The first-order chi connectivity index (χ1) is 14.3. The molecule has 4 aliphatic carbocycles. The van der Waals surface area contributed by atoms with Gasteiger partial charge in [-0.05, 0) is 74.2 Å². The van der Waals surface area contributed by atoms with E-state index in [0.29, 0.717) is 29.4 Å². The highest BCUT2D eigenvalue weighted by atomic mass is 16.4. The Bertz CT molecular complexity index is 856. The molecule has 1 aromatic heterocycles. The average Bonchev–Trinajstić information content (AvgIpc) is 3.26. The number of nitrogens with one attached hydrogen (secondary N) is 1. The molecule has 3 unspecified atom stereocenters. The first kappa shape index (κ1) is 21.5. The molecule has 1 heterocycles. The number of allylic oxidation sites excluding steroid dienone is 2. The number of Topliss-reactive ketones (excluding diaryl/α,β-unsaturated/α-hetero) is 1. The zero-order valence-electron chi connectivity index (χ0n) is 18.7. The third kappa shape index (κ3) is 3.59. The van der Waals surface area contributed by atoms with Crippen LogP contribution >= 0.6 is 0 Å². The van der Waals surface area contributed by atoms with Gasteiger partial charge in [0.25, 0.3) is 0 Å². The van der Waals surface area contributed by atoms with Crippen molar-refractivity contribution >= 4 is 11.5 Å². The van der Waals surface area contributed by atoms with Crippen molar-refractivity contribution in [3.8, 4) is 0 Å². The van der Waals surface area contributed by atoms with Crippen LogP contribution in [0.15, 0.2) is 22.3 Å². The van der Waals surface area contributed by atoms with Crippen molar-refractivity contribution in [1.29, 1.82) is 5.41 Å². The monoisotopic (exact) mass is 412 g/mol. The Kier molecular flexibility index (Phi) is 5.78. The molecular formula is C25H36N2O3. The van der Waals surface area contributed by atoms with Crippen LogP contribution in [-0.4, -0.2) is 28.2 Å². The van der Waals surface area contributed by atoms with Gasteiger partial charge in [-0.1, -0.05) is 19.4 Å². The number of ketones is 1. The van der Waals surface area contributed by atoms with Crippen LogP contribution in [0, 0.1) is 40.9 Å². The topological polar surface area (TPSA) is 87.2 Å². The number of fused-ring (bicyclic) bond motifs is 5. The standard InChI is InChI=1S/C19H27NO.C6H9NO2/c1-18-9-7-13(20)11-12(18)3-4-14-15-5-6-17(21)19(15,2)10-8-16(14)18;1-5-7-4-6(9-5)2-3-8/h11,14-16,20H,3-10H2,1-2H3;4,8H,2-3H2,1H3/t14?,15?,16?,18-,19-;/m0./s1. The molecule has 5 nitrogen and oxygen atoms in total. The zero-order valence-corrected chi connectivity index (χ0v) is 18.7. The summed E-state index contributed by atoms with van der Waals surface area (Å²) < 4.78 is 5.05. The summed E-state index contributed by atoms with van der Waals surface area (Å²) in [6, 6.07) is 0. The highest BCUT2D eigenvalue weighted by Crippen LogP contribution is 2.64. The lowest BCUT2D eigenvalue weighted by atomic mass is 9.47. The van der Waals surface area contributed by atoms with Gasteiger partial charge in [-0.2, -0.15) is 0 Å². The van der Waals surface area contributed by atoms with E-state index in [1.807, 2.05) is 0 Å².